The fraction of sp³-hybridized carbons (Fsp3) is 0.571. The van der Waals surface area contributed by atoms with Crippen LogP contribution in [0.3, 0.4) is 0 Å². The Morgan fingerprint density at radius 2 is 1.95 bits per heavy atom. The highest BCUT2D eigenvalue weighted by molar-refractivity contribution is 5.44. The smallest absolute Gasteiger partial charge is 0.419 e. The summed E-state index contributed by atoms with van der Waals surface area (Å²) in [5.41, 5.74) is 5.87. The number of rotatable bonds is 3. The normalized spacial score (nSPS) is 25.2. The quantitative estimate of drug-likeness (QED) is 0.916. The third-order valence-electron chi connectivity index (χ3n) is 4.19. The van der Waals surface area contributed by atoms with Crippen molar-refractivity contribution in [2.75, 3.05) is 13.7 Å². The Labute approximate surface area is 110 Å². The van der Waals surface area contributed by atoms with E-state index in [0.717, 1.165) is 11.6 Å². The van der Waals surface area contributed by atoms with Gasteiger partial charge in [0.25, 0.3) is 0 Å². The zero-order valence-electron chi connectivity index (χ0n) is 11.2. The SMILES string of the molecule is COc1cc([C@@H]2[C@@H](CN)C2(C)C)ccc1C(F)(F)F. The van der Waals surface area contributed by atoms with Crippen LogP contribution in [0.2, 0.25) is 0 Å². The van der Waals surface area contributed by atoms with Gasteiger partial charge in [-0.2, -0.15) is 13.2 Å². The van der Waals surface area contributed by atoms with E-state index in [9.17, 15) is 13.2 Å². The van der Waals surface area contributed by atoms with Crippen LogP contribution in [-0.4, -0.2) is 13.7 Å². The molecule has 1 aromatic rings. The number of nitrogens with two attached hydrogens (primary N) is 1. The number of ether oxygens (including phenoxy) is 1. The Morgan fingerprint density at radius 3 is 2.37 bits per heavy atom. The average molecular weight is 273 g/mol. The van der Waals surface area contributed by atoms with Gasteiger partial charge in [0.05, 0.1) is 12.7 Å². The van der Waals surface area contributed by atoms with Crippen molar-refractivity contribution >= 4 is 0 Å². The Bertz CT molecular complexity index is 482. The minimum atomic E-state index is -4.39. The first kappa shape index (κ1) is 14.2. The lowest BCUT2D eigenvalue weighted by molar-refractivity contribution is -0.138. The third kappa shape index (κ3) is 2.31. The van der Waals surface area contributed by atoms with E-state index >= 15 is 0 Å². The van der Waals surface area contributed by atoms with E-state index in [1.54, 1.807) is 0 Å². The molecule has 0 saturated heterocycles. The fourth-order valence-electron chi connectivity index (χ4n) is 2.98. The number of alkyl halides is 3. The second kappa shape index (κ2) is 4.40. The number of hydrogen-bond donors (Lipinski definition) is 1. The van der Waals surface area contributed by atoms with Crippen molar-refractivity contribution in [3.05, 3.63) is 29.3 Å². The van der Waals surface area contributed by atoms with Crippen LogP contribution in [0.4, 0.5) is 13.2 Å². The molecule has 0 bridgehead atoms. The van der Waals surface area contributed by atoms with Crippen LogP contribution in [-0.2, 0) is 6.18 Å². The first-order chi connectivity index (χ1) is 8.73. The summed E-state index contributed by atoms with van der Waals surface area (Å²) in [5, 5.41) is 0. The van der Waals surface area contributed by atoms with Crippen molar-refractivity contribution in [2.45, 2.75) is 25.9 Å². The van der Waals surface area contributed by atoms with Crippen LogP contribution in [0, 0.1) is 11.3 Å². The number of halogens is 3. The fourth-order valence-corrected chi connectivity index (χ4v) is 2.98. The summed E-state index contributed by atoms with van der Waals surface area (Å²) < 4.78 is 43.2. The van der Waals surface area contributed by atoms with Crippen LogP contribution in [0.15, 0.2) is 18.2 Å². The average Bonchev–Trinajstić information content (AvgIpc) is 2.89. The van der Waals surface area contributed by atoms with Crippen molar-refractivity contribution in [1.82, 2.24) is 0 Å². The monoisotopic (exact) mass is 273 g/mol. The Hall–Kier alpha value is -1.23. The van der Waals surface area contributed by atoms with E-state index < -0.39 is 11.7 Å². The van der Waals surface area contributed by atoms with Gasteiger partial charge in [-0.05, 0) is 41.5 Å². The Balaban J connectivity index is 2.37. The minimum Gasteiger partial charge on any atom is -0.496 e. The number of benzene rings is 1. The molecule has 2 rings (SSSR count). The van der Waals surface area contributed by atoms with E-state index in [2.05, 4.69) is 13.8 Å². The molecule has 0 amide bonds. The second-order valence-corrected chi connectivity index (χ2v) is 5.60. The molecule has 1 aliphatic rings. The summed E-state index contributed by atoms with van der Waals surface area (Å²) in [5.74, 6) is 0.395. The molecule has 1 fully saturated rings. The molecule has 0 heterocycles. The maximum atomic E-state index is 12.8. The molecule has 2 nitrogen and oxygen atoms in total. The van der Waals surface area contributed by atoms with Crippen molar-refractivity contribution in [3.8, 4) is 5.75 Å². The van der Waals surface area contributed by atoms with Crippen LogP contribution >= 0.6 is 0 Å². The molecule has 0 radical (unpaired) electrons. The topological polar surface area (TPSA) is 35.2 Å². The van der Waals surface area contributed by atoms with E-state index in [0.29, 0.717) is 12.5 Å². The molecule has 0 aliphatic heterocycles. The zero-order valence-corrected chi connectivity index (χ0v) is 11.2. The molecule has 1 aliphatic carbocycles. The van der Waals surface area contributed by atoms with Gasteiger partial charge in [-0.1, -0.05) is 19.9 Å². The first-order valence-electron chi connectivity index (χ1n) is 6.18. The first-order valence-corrected chi connectivity index (χ1v) is 6.18. The van der Waals surface area contributed by atoms with Gasteiger partial charge in [0.1, 0.15) is 5.75 Å². The molecular formula is C14H18F3NO. The zero-order chi connectivity index (χ0) is 14.4. The van der Waals surface area contributed by atoms with Crippen molar-refractivity contribution in [1.29, 1.82) is 0 Å². The summed E-state index contributed by atoms with van der Waals surface area (Å²) in [6.45, 7) is 4.71. The van der Waals surface area contributed by atoms with Crippen molar-refractivity contribution in [3.63, 3.8) is 0 Å². The van der Waals surface area contributed by atoms with Gasteiger partial charge in [-0.3, -0.25) is 0 Å². The van der Waals surface area contributed by atoms with Gasteiger partial charge < -0.3 is 10.5 Å². The van der Waals surface area contributed by atoms with Gasteiger partial charge in [-0.25, -0.2) is 0 Å². The lowest BCUT2D eigenvalue weighted by atomic mass is 10.0. The lowest BCUT2D eigenvalue weighted by Crippen LogP contribution is -2.08. The molecule has 0 unspecified atom stereocenters. The van der Waals surface area contributed by atoms with E-state index in [1.165, 1.54) is 19.2 Å². The summed E-state index contributed by atoms with van der Waals surface area (Å²) >= 11 is 0. The van der Waals surface area contributed by atoms with Gasteiger partial charge >= 0.3 is 6.18 Å². The van der Waals surface area contributed by atoms with E-state index in [1.807, 2.05) is 0 Å². The molecule has 1 saturated carbocycles. The van der Waals surface area contributed by atoms with E-state index in [4.69, 9.17) is 10.5 Å². The summed E-state index contributed by atoms with van der Waals surface area (Å²) in [4.78, 5) is 0. The van der Waals surface area contributed by atoms with Crippen LogP contribution < -0.4 is 10.5 Å². The highest BCUT2D eigenvalue weighted by Crippen LogP contribution is 2.64. The molecule has 2 atom stereocenters. The molecule has 106 valence electrons. The Kier molecular flexibility index (Phi) is 3.29. The maximum Gasteiger partial charge on any atom is 0.419 e. The number of hydrogen-bond acceptors (Lipinski definition) is 2. The predicted octanol–water partition coefficient (Wildman–Crippen LogP) is 3.41. The summed E-state index contributed by atoms with van der Waals surface area (Å²) in [7, 11) is 1.26. The van der Waals surface area contributed by atoms with Crippen LogP contribution in [0.1, 0.15) is 30.9 Å². The van der Waals surface area contributed by atoms with Crippen LogP contribution in [0.25, 0.3) is 0 Å². The summed E-state index contributed by atoms with van der Waals surface area (Å²) in [6, 6.07) is 4.12. The highest BCUT2D eigenvalue weighted by Gasteiger charge is 2.57. The molecule has 0 spiro atoms. The molecule has 0 aromatic heterocycles. The van der Waals surface area contributed by atoms with Gasteiger partial charge in [0, 0.05) is 0 Å². The molecule has 2 N–H and O–H groups in total. The minimum absolute atomic E-state index is 0.0412. The third-order valence-corrected chi connectivity index (χ3v) is 4.19. The van der Waals surface area contributed by atoms with Gasteiger partial charge in [-0.15, -0.1) is 0 Å². The van der Waals surface area contributed by atoms with Crippen molar-refractivity contribution < 1.29 is 17.9 Å². The lowest BCUT2D eigenvalue weighted by Gasteiger charge is -2.13. The van der Waals surface area contributed by atoms with Crippen LogP contribution in [0.5, 0.6) is 5.75 Å². The van der Waals surface area contributed by atoms with Gasteiger partial charge in [0.15, 0.2) is 0 Å². The van der Waals surface area contributed by atoms with Crippen molar-refractivity contribution in [2.24, 2.45) is 17.1 Å². The van der Waals surface area contributed by atoms with E-state index in [-0.39, 0.29) is 17.1 Å². The molecule has 1 aromatic carbocycles. The second-order valence-electron chi connectivity index (χ2n) is 5.60. The number of methoxy groups -OCH3 is 1. The predicted molar refractivity (Wildman–Crippen MR) is 67.1 cm³/mol. The highest BCUT2D eigenvalue weighted by atomic mass is 19.4. The molecule has 5 heteroatoms. The molecular weight excluding hydrogens is 255 g/mol. The largest absolute Gasteiger partial charge is 0.496 e. The molecule has 19 heavy (non-hydrogen) atoms. The maximum absolute atomic E-state index is 12.8. The van der Waals surface area contributed by atoms with Gasteiger partial charge in [0.2, 0.25) is 0 Å². The summed E-state index contributed by atoms with van der Waals surface area (Å²) in [6.07, 6.45) is -4.39. The standard InChI is InChI=1S/C14H18F3NO/c1-13(2)10(7-18)12(13)8-4-5-9(14(15,16)17)11(6-8)19-3/h4-6,10,12H,7,18H2,1-3H3/t10-,12-/m1/s1. The Morgan fingerprint density at radius 1 is 1.32 bits per heavy atom.